The number of para-hydroxylation sites is 1. The van der Waals surface area contributed by atoms with Crippen LogP contribution in [0.2, 0.25) is 0 Å². The molecule has 1 N–H and O–H groups in total. The van der Waals surface area contributed by atoms with Crippen molar-refractivity contribution in [2.45, 2.75) is 6.92 Å². The minimum Gasteiger partial charge on any atom is -0.379 e. The molecule has 128 valence electrons. The van der Waals surface area contributed by atoms with Gasteiger partial charge in [-0.2, -0.15) is 4.98 Å². The van der Waals surface area contributed by atoms with Crippen molar-refractivity contribution in [2.75, 3.05) is 56.2 Å². The lowest BCUT2D eigenvalue weighted by atomic mass is 10.3. The predicted octanol–water partition coefficient (Wildman–Crippen LogP) is 2.38. The van der Waals surface area contributed by atoms with Crippen LogP contribution >= 0.6 is 0 Å². The summed E-state index contributed by atoms with van der Waals surface area (Å²) < 4.78 is 5.37. The Kier molecular flexibility index (Phi) is 5.98. The van der Waals surface area contributed by atoms with Crippen molar-refractivity contribution in [1.82, 2.24) is 14.9 Å². The van der Waals surface area contributed by atoms with Crippen LogP contribution in [0.1, 0.15) is 6.92 Å². The molecule has 0 spiro atoms. The number of benzene rings is 1. The number of morpholine rings is 1. The van der Waals surface area contributed by atoms with Gasteiger partial charge in [-0.1, -0.05) is 18.2 Å². The highest BCUT2D eigenvalue weighted by Crippen LogP contribution is 2.23. The molecule has 0 radical (unpaired) electrons. The molecule has 0 bridgehead atoms. The van der Waals surface area contributed by atoms with Gasteiger partial charge in [0.2, 0.25) is 5.95 Å². The predicted molar refractivity (Wildman–Crippen MR) is 96.9 cm³/mol. The fourth-order valence-electron chi connectivity index (χ4n) is 2.82. The first-order chi connectivity index (χ1) is 11.9. The van der Waals surface area contributed by atoms with Crippen molar-refractivity contribution in [3.63, 3.8) is 0 Å². The molecule has 0 aliphatic carbocycles. The van der Waals surface area contributed by atoms with E-state index in [0.717, 1.165) is 57.4 Å². The molecule has 0 unspecified atom stereocenters. The SMILES string of the molecule is CCN(c1ccccc1)c1ccnc(NCCN2CCOCC2)n1. The smallest absolute Gasteiger partial charge is 0.224 e. The van der Waals surface area contributed by atoms with Crippen LogP contribution in [0, 0.1) is 0 Å². The average Bonchev–Trinajstić information content (AvgIpc) is 2.65. The minimum atomic E-state index is 0.676. The molecule has 1 aliphatic heterocycles. The summed E-state index contributed by atoms with van der Waals surface area (Å²) in [5.41, 5.74) is 1.14. The van der Waals surface area contributed by atoms with Crippen LogP contribution in [0.4, 0.5) is 17.5 Å². The molecule has 2 aromatic rings. The standard InChI is InChI=1S/C18H25N5O/c1-2-23(16-6-4-3-5-7-16)17-8-9-19-18(21-17)20-10-11-22-12-14-24-15-13-22/h3-9H,2,10-15H2,1H3,(H,19,20,21). The first-order valence-electron chi connectivity index (χ1n) is 8.56. The number of aromatic nitrogens is 2. The molecule has 6 nitrogen and oxygen atoms in total. The first kappa shape index (κ1) is 16.7. The van der Waals surface area contributed by atoms with E-state index in [4.69, 9.17) is 4.74 Å². The molecule has 1 aromatic carbocycles. The van der Waals surface area contributed by atoms with Crippen LogP contribution in [0.15, 0.2) is 42.6 Å². The second kappa shape index (κ2) is 8.61. The summed E-state index contributed by atoms with van der Waals surface area (Å²) in [6, 6.07) is 12.2. The molecule has 0 atom stereocenters. The number of rotatable bonds is 7. The Morgan fingerprint density at radius 3 is 2.71 bits per heavy atom. The molecule has 1 fully saturated rings. The summed E-state index contributed by atoms with van der Waals surface area (Å²) in [4.78, 5) is 13.6. The summed E-state index contributed by atoms with van der Waals surface area (Å²) in [7, 11) is 0. The van der Waals surface area contributed by atoms with Crippen molar-refractivity contribution in [1.29, 1.82) is 0 Å². The van der Waals surface area contributed by atoms with E-state index in [-0.39, 0.29) is 0 Å². The Labute approximate surface area is 143 Å². The molecule has 6 heteroatoms. The Morgan fingerprint density at radius 1 is 1.17 bits per heavy atom. The van der Waals surface area contributed by atoms with E-state index >= 15 is 0 Å². The molecule has 0 amide bonds. The van der Waals surface area contributed by atoms with E-state index in [2.05, 4.69) is 44.1 Å². The lowest BCUT2D eigenvalue weighted by Crippen LogP contribution is -2.39. The van der Waals surface area contributed by atoms with Gasteiger partial charge in [0.15, 0.2) is 0 Å². The van der Waals surface area contributed by atoms with E-state index < -0.39 is 0 Å². The quantitative estimate of drug-likeness (QED) is 0.843. The van der Waals surface area contributed by atoms with Gasteiger partial charge in [-0.05, 0) is 25.1 Å². The van der Waals surface area contributed by atoms with E-state index in [9.17, 15) is 0 Å². The third-order valence-corrected chi connectivity index (χ3v) is 4.12. The molecular weight excluding hydrogens is 302 g/mol. The Hall–Kier alpha value is -2.18. The van der Waals surface area contributed by atoms with Crippen molar-refractivity contribution >= 4 is 17.5 Å². The van der Waals surface area contributed by atoms with Crippen LogP contribution in [0.5, 0.6) is 0 Å². The maximum Gasteiger partial charge on any atom is 0.224 e. The first-order valence-corrected chi connectivity index (χ1v) is 8.56. The maximum absolute atomic E-state index is 5.37. The minimum absolute atomic E-state index is 0.676. The van der Waals surface area contributed by atoms with Gasteiger partial charge < -0.3 is 15.0 Å². The zero-order chi connectivity index (χ0) is 16.6. The van der Waals surface area contributed by atoms with E-state index in [1.807, 2.05) is 30.5 Å². The molecule has 0 saturated carbocycles. The third-order valence-electron chi connectivity index (χ3n) is 4.12. The normalized spacial score (nSPS) is 15.2. The highest BCUT2D eigenvalue weighted by Gasteiger charge is 2.11. The average molecular weight is 327 g/mol. The van der Waals surface area contributed by atoms with Crippen molar-refractivity contribution in [3.8, 4) is 0 Å². The topological polar surface area (TPSA) is 53.5 Å². The zero-order valence-corrected chi connectivity index (χ0v) is 14.2. The Morgan fingerprint density at radius 2 is 1.96 bits per heavy atom. The van der Waals surface area contributed by atoms with Gasteiger partial charge in [-0.15, -0.1) is 0 Å². The molecule has 24 heavy (non-hydrogen) atoms. The summed E-state index contributed by atoms with van der Waals surface area (Å²) >= 11 is 0. The number of hydrogen-bond acceptors (Lipinski definition) is 6. The lowest BCUT2D eigenvalue weighted by molar-refractivity contribution is 0.0398. The summed E-state index contributed by atoms with van der Waals surface area (Å²) in [6.07, 6.45) is 1.81. The number of anilines is 3. The fraction of sp³-hybridized carbons (Fsp3) is 0.444. The molecule has 3 rings (SSSR count). The number of nitrogens with zero attached hydrogens (tertiary/aromatic N) is 4. The number of ether oxygens (including phenoxy) is 1. The molecule has 1 aromatic heterocycles. The van der Waals surface area contributed by atoms with Crippen LogP contribution in [0.25, 0.3) is 0 Å². The molecule has 2 heterocycles. The second-order valence-corrected chi connectivity index (χ2v) is 5.70. The van der Waals surface area contributed by atoms with E-state index in [1.165, 1.54) is 0 Å². The Balaban J connectivity index is 1.60. The van der Waals surface area contributed by atoms with Crippen molar-refractivity contribution in [2.24, 2.45) is 0 Å². The van der Waals surface area contributed by atoms with Crippen molar-refractivity contribution in [3.05, 3.63) is 42.6 Å². The third kappa shape index (κ3) is 4.43. The molecular formula is C18H25N5O. The highest BCUT2D eigenvalue weighted by molar-refractivity contribution is 5.60. The number of nitrogens with one attached hydrogen (secondary N) is 1. The second-order valence-electron chi connectivity index (χ2n) is 5.70. The summed E-state index contributed by atoms with van der Waals surface area (Å²) in [5, 5.41) is 3.33. The zero-order valence-electron chi connectivity index (χ0n) is 14.2. The number of hydrogen-bond donors (Lipinski definition) is 1. The molecule has 1 saturated heterocycles. The van der Waals surface area contributed by atoms with Gasteiger partial charge in [-0.3, -0.25) is 4.90 Å². The summed E-state index contributed by atoms with van der Waals surface area (Å²) in [6.45, 7) is 8.45. The van der Waals surface area contributed by atoms with Crippen LogP contribution in [-0.4, -0.2) is 60.8 Å². The monoisotopic (exact) mass is 327 g/mol. The highest BCUT2D eigenvalue weighted by atomic mass is 16.5. The fourth-order valence-corrected chi connectivity index (χ4v) is 2.82. The van der Waals surface area contributed by atoms with Gasteiger partial charge in [0.25, 0.3) is 0 Å². The maximum atomic E-state index is 5.37. The van der Waals surface area contributed by atoms with E-state index in [1.54, 1.807) is 0 Å². The van der Waals surface area contributed by atoms with Crippen LogP contribution < -0.4 is 10.2 Å². The Bertz CT molecular complexity index is 616. The lowest BCUT2D eigenvalue weighted by Gasteiger charge is -2.26. The van der Waals surface area contributed by atoms with Gasteiger partial charge >= 0.3 is 0 Å². The van der Waals surface area contributed by atoms with Crippen LogP contribution in [-0.2, 0) is 4.74 Å². The van der Waals surface area contributed by atoms with Gasteiger partial charge in [0.1, 0.15) is 5.82 Å². The molecule has 1 aliphatic rings. The van der Waals surface area contributed by atoms with Crippen LogP contribution in [0.3, 0.4) is 0 Å². The summed E-state index contributed by atoms with van der Waals surface area (Å²) in [5.74, 6) is 1.59. The van der Waals surface area contributed by atoms with Gasteiger partial charge in [0.05, 0.1) is 13.2 Å². The van der Waals surface area contributed by atoms with Crippen molar-refractivity contribution < 1.29 is 4.74 Å². The van der Waals surface area contributed by atoms with Gasteiger partial charge in [0, 0.05) is 44.6 Å². The van der Waals surface area contributed by atoms with Gasteiger partial charge in [-0.25, -0.2) is 4.98 Å². The largest absolute Gasteiger partial charge is 0.379 e. The van der Waals surface area contributed by atoms with E-state index in [0.29, 0.717) is 5.95 Å².